The van der Waals surface area contributed by atoms with Gasteiger partial charge in [0.25, 0.3) is 0 Å². The van der Waals surface area contributed by atoms with Gasteiger partial charge in [-0.05, 0) is 77.0 Å². The van der Waals surface area contributed by atoms with Crippen molar-refractivity contribution in [3.8, 4) is 0 Å². The lowest BCUT2D eigenvalue weighted by atomic mass is 9.85. The van der Waals surface area contributed by atoms with Crippen molar-refractivity contribution in [1.29, 1.82) is 0 Å². The summed E-state index contributed by atoms with van der Waals surface area (Å²) in [6.07, 6.45) is 23.2. The highest BCUT2D eigenvalue weighted by molar-refractivity contribution is 7.47. The molecule has 1 aliphatic carbocycles. The van der Waals surface area contributed by atoms with Crippen molar-refractivity contribution >= 4 is 19.8 Å². The van der Waals surface area contributed by atoms with Gasteiger partial charge < -0.3 is 39.9 Å². The van der Waals surface area contributed by atoms with E-state index in [1.165, 1.54) is 38.5 Å². The number of carbonyl (C=O) groups excluding carboxylic acids is 2. The normalized spacial score (nSPS) is 23.4. The Kier molecular flexibility index (Phi) is 30.3. The summed E-state index contributed by atoms with van der Waals surface area (Å²) in [5.41, 5.74) is 0. The second kappa shape index (κ2) is 32.7. The molecule has 0 aromatic rings. The largest absolute Gasteiger partial charge is 0.472 e. The van der Waals surface area contributed by atoms with Gasteiger partial charge in [-0.15, -0.1) is 0 Å². The van der Waals surface area contributed by atoms with Crippen molar-refractivity contribution in [3.63, 3.8) is 0 Å². The molecule has 1 rings (SSSR count). The Balaban J connectivity index is 2.55. The molecule has 6 N–H and O–H groups in total. The van der Waals surface area contributed by atoms with Gasteiger partial charge in [0, 0.05) is 12.8 Å². The maximum absolute atomic E-state index is 12.8. The van der Waals surface area contributed by atoms with Crippen LogP contribution in [0.4, 0.5) is 0 Å². The van der Waals surface area contributed by atoms with E-state index in [1.807, 2.05) is 0 Å². The van der Waals surface area contributed by atoms with Crippen LogP contribution in [0, 0.1) is 0 Å². The molecule has 6 unspecified atom stereocenters. The van der Waals surface area contributed by atoms with E-state index in [9.17, 15) is 44.6 Å². The lowest BCUT2D eigenvalue weighted by molar-refractivity contribution is -0.220. The summed E-state index contributed by atoms with van der Waals surface area (Å²) in [7, 11) is -5.12. The molecule has 0 heterocycles. The van der Waals surface area contributed by atoms with E-state index in [0.29, 0.717) is 12.8 Å². The molecule has 0 aromatic carbocycles. The molecule has 0 aromatic heterocycles. The molecule has 1 fully saturated rings. The standard InChI is InChI=1S/C42H73O13P/c1-3-5-7-9-11-13-15-17-18-19-21-22-24-26-28-30-35(43)52-32-34(54-36(44)31-29-27-25-23-20-16-14-12-10-8-6-4-2)33-53-56(50,51)55-42-40(48)38(46)37(45)39(47)41(42)49/h11-14,17-18,21-22,34,37-42,45-49H,3-10,15-16,19-20,23-33H2,1-2H3,(H,50,51)/b13-11+,14-12+,18-17+,22-21+/t34-,37?,38-,39?,40?,41?,42?/m0/s1. The molecule has 56 heavy (non-hydrogen) atoms. The zero-order chi connectivity index (χ0) is 41.4. The minimum absolute atomic E-state index is 0.0765. The molecule has 324 valence electrons. The molecular formula is C42H73O13P. The second-order valence-electron chi connectivity index (χ2n) is 14.5. The van der Waals surface area contributed by atoms with Crippen molar-refractivity contribution in [2.75, 3.05) is 13.2 Å². The molecular weight excluding hydrogens is 743 g/mol. The SMILES string of the molecule is CCCCC/C=C/C/C=C/C/C=C/CCCCC(=O)OC[C@@H](COP(=O)(O)OC1C(O)C(O)C(O)[C@H](O)C1O)OC(=O)CCCCCCC/C=C/CCCCC. The van der Waals surface area contributed by atoms with E-state index in [-0.39, 0.29) is 12.8 Å². The molecule has 0 spiro atoms. The highest BCUT2D eigenvalue weighted by Crippen LogP contribution is 2.47. The van der Waals surface area contributed by atoms with Crippen LogP contribution >= 0.6 is 7.82 Å². The lowest BCUT2D eigenvalue weighted by Crippen LogP contribution is -2.64. The number of hydrogen-bond donors (Lipinski definition) is 6. The molecule has 1 saturated carbocycles. The van der Waals surface area contributed by atoms with Crippen LogP contribution in [-0.4, -0.2) is 98.3 Å². The van der Waals surface area contributed by atoms with Gasteiger partial charge in [0.05, 0.1) is 6.61 Å². The smallest absolute Gasteiger partial charge is 0.462 e. The van der Waals surface area contributed by atoms with Gasteiger partial charge in [0.15, 0.2) is 6.10 Å². The Hall–Kier alpha value is -2.19. The molecule has 1 aliphatic rings. The van der Waals surface area contributed by atoms with E-state index in [4.69, 9.17) is 18.5 Å². The van der Waals surface area contributed by atoms with Crippen LogP contribution in [0.15, 0.2) is 48.6 Å². The van der Waals surface area contributed by atoms with Crippen LogP contribution in [0.3, 0.4) is 0 Å². The molecule has 0 aliphatic heterocycles. The predicted molar refractivity (Wildman–Crippen MR) is 216 cm³/mol. The fourth-order valence-corrected chi connectivity index (χ4v) is 6.91. The van der Waals surface area contributed by atoms with Crippen LogP contribution in [0.2, 0.25) is 0 Å². The lowest BCUT2D eigenvalue weighted by Gasteiger charge is -2.41. The summed E-state index contributed by atoms with van der Waals surface area (Å²) in [5, 5.41) is 50.0. The van der Waals surface area contributed by atoms with Gasteiger partial charge in [-0.25, -0.2) is 4.57 Å². The summed E-state index contributed by atoms with van der Waals surface area (Å²) < 4.78 is 33.3. The quantitative estimate of drug-likeness (QED) is 0.0168. The number of esters is 2. The van der Waals surface area contributed by atoms with Gasteiger partial charge in [0.1, 0.15) is 43.2 Å². The van der Waals surface area contributed by atoms with Gasteiger partial charge >= 0.3 is 19.8 Å². The van der Waals surface area contributed by atoms with Crippen molar-refractivity contribution in [2.45, 2.75) is 191 Å². The number of hydrogen-bond acceptors (Lipinski definition) is 12. The number of phosphoric ester groups is 1. The summed E-state index contributed by atoms with van der Waals surface area (Å²) >= 11 is 0. The van der Waals surface area contributed by atoms with Gasteiger partial charge in [-0.1, -0.05) is 107 Å². The number of unbranched alkanes of at least 4 members (excludes halogenated alkanes) is 13. The van der Waals surface area contributed by atoms with E-state index in [1.54, 1.807) is 0 Å². The Morgan fingerprint density at radius 2 is 0.964 bits per heavy atom. The van der Waals surface area contributed by atoms with Gasteiger partial charge in [0.2, 0.25) is 0 Å². The average molecular weight is 817 g/mol. The highest BCUT2D eigenvalue weighted by Gasteiger charge is 2.51. The van der Waals surface area contributed by atoms with Crippen molar-refractivity contribution in [2.24, 2.45) is 0 Å². The molecule has 14 heteroatoms. The maximum Gasteiger partial charge on any atom is 0.472 e. The first-order valence-electron chi connectivity index (χ1n) is 20.9. The van der Waals surface area contributed by atoms with Crippen molar-refractivity contribution in [1.82, 2.24) is 0 Å². The van der Waals surface area contributed by atoms with Crippen LogP contribution < -0.4 is 0 Å². The predicted octanol–water partition coefficient (Wildman–Crippen LogP) is 7.22. The first-order chi connectivity index (χ1) is 26.9. The summed E-state index contributed by atoms with van der Waals surface area (Å²) in [5.74, 6) is -1.16. The van der Waals surface area contributed by atoms with E-state index >= 15 is 0 Å². The zero-order valence-corrected chi connectivity index (χ0v) is 34.8. The average Bonchev–Trinajstić information content (AvgIpc) is 3.18. The van der Waals surface area contributed by atoms with Crippen LogP contribution in [-0.2, 0) is 32.7 Å². The Morgan fingerprint density at radius 3 is 1.52 bits per heavy atom. The van der Waals surface area contributed by atoms with Crippen LogP contribution in [0.1, 0.15) is 149 Å². The minimum Gasteiger partial charge on any atom is -0.462 e. The third-order valence-corrected chi connectivity index (χ3v) is 10.4. The first-order valence-corrected chi connectivity index (χ1v) is 22.4. The van der Waals surface area contributed by atoms with E-state index in [0.717, 1.165) is 70.6 Å². The monoisotopic (exact) mass is 816 g/mol. The Labute approximate surface area is 335 Å². The highest BCUT2D eigenvalue weighted by atomic mass is 31.2. The van der Waals surface area contributed by atoms with Gasteiger partial charge in [-0.2, -0.15) is 0 Å². The molecule has 0 saturated heterocycles. The van der Waals surface area contributed by atoms with Gasteiger partial charge in [-0.3, -0.25) is 18.6 Å². The van der Waals surface area contributed by atoms with Crippen LogP contribution in [0.5, 0.6) is 0 Å². The number of phosphoric acid groups is 1. The van der Waals surface area contributed by atoms with Crippen molar-refractivity contribution in [3.05, 3.63) is 48.6 Å². The summed E-state index contributed by atoms with van der Waals surface area (Å²) in [4.78, 5) is 35.5. The van der Waals surface area contributed by atoms with E-state index in [2.05, 4.69) is 62.5 Å². The third kappa shape index (κ3) is 25.2. The maximum atomic E-state index is 12.8. The third-order valence-electron chi connectivity index (χ3n) is 9.39. The number of rotatable bonds is 33. The number of allylic oxidation sites excluding steroid dienone is 8. The second-order valence-corrected chi connectivity index (χ2v) is 15.9. The topological polar surface area (TPSA) is 210 Å². The summed E-state index contributed by atoms with van der Waals surface area (Å²) in [6.45, 7) is 3.17. The van der Waals surface area contributed by atoms with Crippen molar-refractivity contribution < 1.29 is 63.1 Å². The number of aliphatic hydroxyl groups is 5. The summed E-state index contributed by atoms with van der Waals surface area (Å²) in [6, 6.07) is 0. The Bertz CT molecular complexity index is 1170. The zero-order valence-electron chi connectivity index (χ0n) is 33.9. The molecule has 0 amide bonds. The number of ether oxygens (including phenoxy) is 2. The molecule has 0 radical (unpaired) electrons. The number of aliphatic hydroxyl groups excluding tert-OH is 5. The minimum atomic E-state index is -5.12. The fourth-order valence-electron chi connectivity index (χ4n) is 5.93. The van der Waals surface area contributed by atoms with Crippen LogP contribution in [0.25, 0.3) is 0 Å². The molecule has 0 bridgehead atoms. The first kappa shape index (κ1) is 51.8. The van der Waals surface area contributed by atoms with E-state index < -0.39 is 75.7 Å². The molecule has 8 atom stereocenters. The fraction of sp³-hybridized carbons (Fsp3) is 0.762. The number of carbonyl (C=O) groups is 2. The Morgan fingerprint density at radius 1 is 0.554 bits per heavy atom. The molecule has 13 nitrogen and oxygen atoms in total.